The van der Waals surface area contributed by atoms with Crippen LogP contribution in [0, 0.1) is 0 Å². The van der Waals surface area contributed by atoms with E-state index >= 15 is 0 Å². The van der Waals surface area contributed by atoms with Crippen LogP contribution in [0.2, 0.25) is 0 Å². The summed E-state index contributed by atoms with van der Waals surface area (Å²) >= 11 is 0. The second-order valence-electron chi connectivity index (χ2n) is 2.24. The van der Waals surface area contributed by atoms with Crippen molar-refractivity contribution in [3.8, 4) is 0 Å². The zero-order valence-corrected chi connectivity index (χ0v) is 6.46. The molecule has 1 aliphatic heterocycles. The van der Waals surface area contributed by atoms with Crippen molar-refractivity contribution in [1.82, 2.24) is 0 Å². The van der Waals surface area contributed by atoms with E-state index in [1.54, 1.807) is 6.08 Å². The Kier molecular flexibility index (Phi) is 2.26. The van der Waals surface area contributed by atoms with E-state index in [0.29, 0.717) is 12.2 Å². The maximum Gasteiger partial charge on any atom is 0.315 e. The second-order valence-corrected chi connectivity index (χ2v) is 2.24. The first-order valence-electron chi connectivity index (χ1n) is 3.47. The topological polar surface area (TPSA) is 26.3 Å². The zero-order chi connectivity index (χ0) is 8.27. The lowest BCUT2D eigenvalue weighted by molar-refractivity contribution is -0.136. The highest BCUT2D eigenvalue weighted by Crippen LogP contribution is 2.21. The third-order valence-electron chi connectivity index (χ3n) is 1.43. The first kappa shape index (κ1) is 7.79. The van der Waals surface area contributed by atoms with Crippen LogP contribution in [0.4, 0.5) is 0 Å². The Morgan fingerprint density at radius 1 is 1.64 bits per heavy atom. The molecule has 1 heterocycles. The number of rotatable bonds is 2. The molecule has 0 aromatic carbocycles. The number of esters is 1. The van der Waals surface area contributed by atoms with Crippen molar-refractivity contribution in [1.29, 1.82) is 0 Å². The van der Waals surface area contributed by atoms with Crippen LogP contribution in [0.3, 0.4) is 0 Å². The minimum absolute atomic E-state index is 0.201. The first-order chi connectivity index (χ1) is 5.27. The van der Waals surface area contributed by atoms with E-state index in [1.165, 1.54) is 0 Å². The van der Waals surface area contributed by atoms with Gasteiger partial charge in [0.15, 0.2) is 0 Å². The molecule has 0 radical (unpaired) electrons. The molecule has 0 atom stereocenters. The smallest absolute Gasteiger partial charge is 0.315 e. The van der Waals surface area contributed by atoms with Crippen LogP contribution >= 0.6 is 0 Å². The lowest BCUT2D eigenvalue weighted by Crippen LogP contribution is -1.91. The summed E-state index contributed by atoms with van der Waals surface area (Å²) in [5.41, 5.74) is 0.910. The van der Waals surface area contributed by atoms with Gasteiger partial charge in [-0.05, 0) is 13.0 Å². The highest BCUT2D eigenvalue weighted by molar-refractivity contribution is 5.78. The normalized spacial score (nSPS) is 17.7. The number of ether oxygens (including phenoxy) is 1. The zero-order valence-electron chi connectivity index (χ0n) is 6.46. The van der Waals surface area contributed by atoms with E-state index in [1.807, 2.05) is 19.1 Å². The van der Waals surface area contributed by atoms with Crippen molar-refractivity contribution in [2.45, 2.75) is 13.3 Å². The Morgan fingerprint density at radius 3 is 2.91 bits per heavy atom. The summed E-state index contributed by atoms with van der Waals surface area (Å²) in [7, 11) is 0. The van der Waals surface area contributed by atoms with Crippen LogP contribution in [0.25, 0.3) is 0 Å². The van der Waals surface area contributed by atoms with Crippen LogP contribution in [0.15, 0.2) is 36.1 Å². The van der Waals surface area contributed by atoms with Crippen molar-refractivity contribution >= 4 is 5.97 Å². The summed E-state index contributed by atoms with van der Waals surface area (Å²) in [4.78, 5) is 10.8. The van der Waals surface area contributed by atoms with E-state index < -0.39 is 0 Å². The molecule has 2 nitrogen and oxygen atoms in total. The Hall–Kier alpha value is -1.31. The summed E-state index contributed by atoms with van der Waals surface area (Å²) in [6.07, 6.45) is 5.66. The summed E-state index contributed by atoms with van der Waals surface area (Å²) in [6, 6.07) is 0. The van der Waals surface area contributed by atoms with Gasteiger partial charge >= 0.3 is 5.97 Å². The van der Waals surface area contributed by atoms with Gasteiger partial charge in [0.1, 0.15) is 5.76 Å². The molecule has 0 saturated heterocycles. The maximum atomic E-state index is 10.8. The molecule has 0 amide bonds. The van der Waals surface area contributed by atoms with E-state index in [9.17, 15) is 4.79 Å². The summed E-state index contributed by atoms with van der Waals surface area (Å²) in [5.74, 6) is 0.390. The molecule has 58 valence electrons. The van der Waals surface area contributed by atoms with Crippen LogP contribution in [0.1, 0.15) is 13.3 Å². The molecule has 11 heavy (non-hydrogen) atoms. The number of hydrogen-bond acceptors (Lipinski definition) is 2. The third-order valence-corrected chi connectivity index (χ3v) is 1.43. The molecular weight excluding hydrogens is 140 g/mol. The SMILES string of the molecule is C=CC1=C(/C=C\C)CC(=O)O1. The van der Waals surface area contributed by atoms with Crippen molar-refractivity contribution in [2.24, 2.45) is 0 Å². The maximum absolute atomic E-state index is 10.8. The molecule has 0 N–H and O–H groups in total. The molecule has 0 fully saturated rings. The predicted octanol–water partition coefficient (Wildman–Crippen LogP) is 1.95. The summed E-state index contributed by atoms with van der Waals surface area (Å²) in [5, 5.41) is 0. The molecule has 2 heteroatoms. The number of cyclic esters (lactones) is 1. The van der Waals surface area contributed by atoms with Gasteiger partial charge < -0.3 is 4.74 Å². The molecule has 0 saturated carbocycles. The summed E-state index contributed by atoms with van der Waals surface area (Å²) in [6.45, 7) is 5.44. The molecule has 0 bridgehead atoms. The average molecular weight is 150 g/mol. The average Bonchev–Trinajstić information content (AvgIpc) is 2.32. The molecule has 0 aliphatic carbocycles. The molecule has 1 rings (SSSR count). The van der Waals surface area contributed by atoms with Gasteiger partial charge in [0.05, 0.1) is 6.42 Å². The summed E-state index contributed by atoms with van der Waals surface area (Å²) < 4.78 is 4.85. The third kappa shape index (κ3) is 1.58. The number of carbonyl (C=O) groups excluding carboxylic acids is 1. The van der Waals surface area contributed by atoms with Gasteiger partial charge in [-0.1, -0.05) is 18.7 Å². The number of hydrogen-bond donors (Lipinski definition) is 0. The molecule has 0 spiro atoms. The van der Waals surface area contributed by atoms with Crippen molar-refractivity contribution < 1.29 is 9.53 Å². The molecule has 0 unspecified atom stereocenters. The Balaban J connectivity index is 2.87. The lowest BCUT2D eigenvalue weighted by Gasteiger charge is -1.92. The Labute approximate surface area is 65.9 Å². The highest BCUT2D eigenvalue weighted by Gasteiger charge is 2.18. The Morgan fingerprint density at radius 2 is 2.36 bits per heavy atom. The van der Waals surface area contributed by atoms with Gasteiger partial charge in [-0.15, -0.1) is 0 Å². The molecular formula is C9H10O2. The van der Waals surface area contributed by atoms with Crippen LogP contribution < -0.4 is 0 Å². The van der Waals surface area contributed by atoms with E-state index in [4.69, 9.17) is 4.74 Å². The minimum Gasteiger partial charge on any atom is -0.426 e. The molecule has 0 aromatic rings. The molecule has 0 aromatic heterocycles. The van der Waals surface area contributed by atoms with Gasteiger partial charge in [0.2, 0.25) is 0 Å². The minimum atomic E-state index is -0.201. The number of carbonyl (C=O) groups is 1. The van der Waals surface area contributed by atoms with Crippen LogP contribution in [-0.2, 0) is 9.53 Å². The van der Waals surface area contributed by atoms with E-state index in [-0.39, 0.29) is 5.97 Å². The fraction of sp³-hybridized carbons (Fsp3) is 0.222. The van der Waals surface area contributed by atoms with Crippen LogP contribution in [-0.4, -0.2) is 5.97 Å². The fourth-order valence-electron chi connectivity index (χ4n) is 0.982. The predicted molar refractivity (Wildman–Crippen MR) is 42.7 cm³/mol. The Bertz CT molecular complexity index is 246. The van der Waals surface area contributed by atoms with Crippen molar-refractivity contribution in [3.63, 3.8) is 0 Å². The van der Waals surface area contributed by atoms with Gasteiger partial charge in [-0.3, -0.25) is 4.79 Å². The van der Waals surface area contributed by atoms with Crippen molar-refractivity contribution in [2.75, 3.05) is 0 Å². The first-order valence-corrected chi connectivity index (χ1v) is 3.47. The largest absolute Gasteiger partial charge is 0.426 e. The van der Waals surface area contributed by atoms with Crippen molar-refractivity contribution in [3.05, 3.63) is 36.1 Å². The van der Waals surface area contributed by atoms with Crippen LogP contribution in [0.5, 0.6) is 0 Å². The van der Waals surface area contributed by atoms with Gasteiger partial charge in [0, 0.05) is 5.57 Å². The monoisotopic (exact) mass is 150 g/mol. The lowest BCUT2D eigenvalue weighted by atomic mass is 10.2. The number of allylic oxidation sites excluding steroid dienone is 3. The van der Waals surface area contributed by atoms with E-state index in [0.717, 1.165) is 5.57 Å². The standard InChI is InChI=1S/C9H10O2/c1-3-5-7-6-9(10)11-8(7)4-2/h3-5H,2,6H2,1H3/b5-3-. The van der Waals surface area contributed by atoms with Gasteiger partial charge in [-0.25, -0.2) is 0 Å². The second kappa shape index (κ2) is 3.19. The van der Waals surface area contributed by atoms with Gasteiger partial charge in [-0.2, -0.15) is 0 Å². The fourth-order valence-corrected chi connectivity index (χ4v) is 0.982. The highest BCUT2D eigenvalue weighted by atomic mass is 16.5. The quantitative estimate of drug-likeness (QED) is 0.562. The van der Waals surface area contributed by atoms with E-state index in [2.05, 4.69) is 6.58 Å². The molecule has 1 aliphatic rings. The van der Waals surface area contributed by atoms with Gasteiger partial charge in [0.25, 0.3) is 0 Å².